The molecule has 0 aliphatic carbocycles. The monoisotopic (exact) mass is 358 g/mol. The standard InChI is InChI=1S/C20H23FN2O3/c1-25-11-12-26-18-8-3-7-17(14-18)22-20(24)23-10-4-9-19(23)15-5-2-6-16(21)13-15/h2-3,5-8,13-14,19H,4,9-12H2,1H3,(H,22,24). The average molecular weight is 358 g/mol. The highest BCUT2D eigenvalue weighted by Gasteiger charge is 2.30. The van der Waals surface area contributed by atoms with Crippen LogP contribution >= 0.6 is 0 Å². The van der Waals surface area contributed by atoms with Crippen molar-refractivity contribution in [1.82, 2.24) is 4.90 Å². The van der Waals surface area contributed by atoms with Gasteiger partial charge in [-0.1, -0.05) is 18.2 Å². The fourth-order valence-corrected chi connectivity index (χ4v) is 3.17. The molecule has 0 aromatic heterocycles. The van der Waals surface area contributed by atoms with E-state index >= 15 is 0 Å². The molecule has 3 rings (SSSR count). The van der Waals surface area contributed by atoms with Gasteiger partial charge in [0, 0.05) is 25.4 Å². The smallest absolute Gasteiger partial charge is 0.322 e. The number of methoxy groups -OCH3 is 1. The first-order chi connectivity index (χ1) is 12.7. The van der Waals surface area contributed by atoms with Gasteiger partial charge < -0.3 is 19.7 Å². The maximum Gasteiger partial charge on any atom is 0.322 e. The summed E-state index contributed by atoms with van der Waals surface area (Å²) in [5.74, 6) is 0.388. The molecular weight excluding hydrogens is 335 g/mol. The largest absolute Gasteiger partial charge is 0.491 e. The summed E-state index contributed by atoms with van der Waals surface area (Å²) in [6.45, 7) is 1.60. The number of urea groups is 1. The van der Waals surface area contributed by atoms with E-state index in [1.165, 1.54) is 12.1 Å². The zero-order valence-corrected chi connectivity index (χ0v) is 14.8. The third kappa shape index (κ3) is 4.52. The van der Waals surface area contributed by atoms with E-state index in [4.69, 9.17) is 9.47 Å². The van der Waals surface area contributed by atoms with Crippen LogP contribution in [0.15, 0.2) is 48.5 Å². The van der Waals surface area contributed by atoms with E-state index < -0.39 is 0 Å². The molecule has 1 heterocycles. The van der Waals surface area contributed by atoms with E-state index in [1.807, 2.05) is 24.3 Å². The van der Waals surface area contributed by atoms with Crippen molar-refractivity contribution in [2.24, 2.45) is 0 Å². The molecule has 0 bridgehead atoms. The average Bonchev–Trinajstić information content (AvgIpc) is 3.12. The summed E-state index contributed by atoms with van der Waals surface area (Å²) in [6, 6.07) is 13.4. The second-order valence-electron chi connectivity index (χ2n) is 6.21. The summed E-state index contributed by atoms with van der Waals surface area (Å²) in [5, 5.41) is 2.91. The lowest BCUT2D eigenvalue weighted by atomic mass is 10.0. The van der Waals surface area contributed by atoms with E-state index in [-0.39, 0.29) is 17.9 Å². The van der Waals surface area contributed by atoms with Crippen LogP contribution in [0.25, 0.3) is 0 Å². The van der Waals surface area contributed by atoms with Crippen molar-refractivity contribution in [2.45, 2.75) is 18.9 Å². The molecule has 1 N–H and O–H groups in total. The Morgan fingerprint density at radius 3 is 2.88 bits per heavy atom. The maximum atomic E-state index is 13.5. The minimum absolute atomic E-state index is 0.105. The lowest BCUT2D eigenvalue weighted by Gasteiger charge is -2.25. The molecule has 2 aromatic carbocycles. The molecule has 2 amide bonds. The predicted octanol–water partition coefficient (Wildman–Crippen LogP) is 4.22. The molecule has 26 heavy (non-hydrogen) atoms. The van der Waals surface area contributed by atoms with Gasteiger partial charge in [0.1, 0.15) is 18.2 Å². The number of halogens is 1. The van der Waals surface area contributed by atoms with Crippen molar-refractivity contribution in [2.75, 3.05) is 32.2 Å². The van der Waals surface area contributed by atoms with Gasteiger partial charge >= 0.3 is 6.03 Å². The molecule has 1 aliphatic rings. The van der Waals surface area contributed by atoms with Gasteiger partial charge in [0.05, 0.1) is 12.6 Å². The first-order valence-electron chi connectivity index (χ1n) is 8.72. The first-order valence-corrected chi connectivity index (χ1v) is 8.72. The van der Waals surface area contributed by atoms with Crippen molar-refractivity contribution in [1.29, 1.82) is 0 Å². The van der Waals surface area contributed by atoms with Gasteiger partial charge in [-0.05, 0) is 42.7 Å². The molecule has 1 fully saturated rings. The van der Waals surface area contributed by atoms with Crippen LogP contribution < -0.4 is 10.1 Å². The first kappa shape index (κ1) is 18.2. The Hall–Kier alpha value is -2.60. The highest BCUT2D eigenvalue weighted by molar-refractivity contribution is 5.90. The molecule has 1 saturated heterocycles. The number of rotatable bonds is 6. The zero-order valence-electron chi connectivity index (χ0n) is 14.8. The van der Waals surface area contributed by atoms with Gasteiger partial charge in [-0.15, -0.1) is 0 Å². The Balaban J connectivity index is 1.66. The number of likely N-dealkylation sites (tertiary alicyclic amines) is 1. The Bertz CT molecular complexity index is 753. The lowest BCUT2D eigenvalue weighted by molar-refractivity contribution is 0.146. The Morgan fingerprint density at radius 2 is 2.08 bits per heavy atom. The van der Waals surface area contributed by atoms with E-state index in [0.717, 1.165) is 18.4 Å². The molecule has 138 valence electrons. The summed E-state index contributed by atoms with van der Waals surface area (Å²) >= 11 is 0. The Morgan fingerprint density at radius 1 is 1.23 bits per heavy atom. The lowest BCUT2D eigenvalue weighted by Crippen LogP contribution is -2.34. The highest BCUT2D eigenvalue weighted by Crippen LogP contribution is 2.32. The fraction of sp³-hybridized carbons (Fsp3) is 0.350. The minimum Gasteiger partial charge on any atom is -0.491 e. The van der Waals surface area contributed by atoms with Gasteiger partial charge in [-0.25, -0.2) is 9.18 Å². The molecule has 0 spiro atoms. The van der Waals surface area contributed by atoms with E-state index in [1.54, 1.807) is 24.1 Å². The number of hydrogen-bond donors (Lipinski definition) is 1. The number of hydrogen-bond acceptors (Lipinski definition) is 3. The molecule has 2 aromatic rings. The second kappa shape index (κ2) is 8.67. The number of anilines is 1. The molecule has 0 saturated carbocycles. The van der Waals surface area contributed by atoms with Crippen LogP contribution in [0.5, 0.6) is 5.75 Å². The second-order valence-corrected chi connectivity index (χ2v) is 6.21. The van der Waals surface area contributed by atoms with Gasteiger partial charge in [0.15, 0.2) is 0 Å². The summed E-state index contributed by atoms with van der Waals surface area (Å²) in [4.78, 5) is 14.5. The molecular formula is C20H23FN2O3. The fourth-order valence-electron chi connectivity index (χ4n) is 3.17. The number of ether oxygens (including phenoxy) is 2. The Labute approximate surface area is 152 Å². The number of carbonyl (C=O) groups excluding carboxylic acids is 1. The topological polar surface area (TPSA) is 50.8 Å². The van der Waals surface area contributed by atoms with Gasteiger partial charge in [0.2, 0.25) is 0 Å². The summed E-state index contributed by atoms with van der Waals surface area (Å²) in [6.07, 6.45) is 1.73. The van der Waals surface area contributed by atoms with Crippen LogP contribution in [-0.4, -0.2) is 37.8 Å². The van der Waals surface area contributed by atoms with Gasteiger partial charge in [0.25, 0.3) is 0 Å². The Kier molecular flexibility index (Phi) is 6.07. The van der Waals surface area contributed by atoms with Crippen molar-refractivity contribution >= 4 is 11.7 Å². The molecule has 1 unspecified atom stereocenters. The zero-order chi connectivity index (χ0) is 18.4. The number of amides is 2. The molecule has 1 atom stereocenters. The van der Waals surface area contributed by atoms with E-state index in [0.29, 0.717) is 31.2 Å². The number of benzene rings is 2. The van der Waals surface area contributed by atoms with E-state index in [9.17, 15) is 9.18 Å². The maximum absolute atomic E-state index is 13.5. The quantitative estimate of drug-likeness (QED) is 0.787. The van der Waals surface area contributed by atoms with Crippen LogP contribution in [0.4, 0.5) is 14.9 Å². The van der Waals surface area contributed by atoms with Crippen LogP contribution in [0, 0.1) is 5.82 Å². The number of nitrogens with one attached hydrogen (secondary N) is 1. The van der Waals surface area contributed by atoms with Gasteiger partial charge in [-0.2, -0.15) is 0 Å². The SMILES string of the molecule is COCCOc1cccc(NC(=O)N2CCCC2c2cccc(F)c2)c1. The predicted molar refractivity (Wildman–Crippen MR) is 97.9 cm³/mol. The third-order valence-corrected chi connectivity index (χ3v) is 4.39. The number of nitrogens with zero attached hydrogens (tertiary/aromatic N) is 1. The van der Waals surface area contributed by atoms with Crippen molar-refractivity contribution in [3.8, 4) is 5.75 Å². The van der Waals surface area contributed by atoms with Crippen molar-refractivity contribution < 1.29 is 18.7 Å². The van der Waals surface area contributed by atoms with Crippen LogP contribution in [-0.2, 0) is 4.74 Å². The number of carbonyl (C=O) groups is 1. The summed E-state index contributed by atoms with van der Waals surface area (Å²) < 4.78 is 24.1. The van der Waals surface area contributed by atoms with Crippen LogP contribution in [0.3, 0.4) is 0 Å². The minimum atomic E-state index is -0.282. The van der Waals surface area contributed by atoms with Gasteiger partial charge in [-0.3, -0.25) is 0 Å². The molecule has 0 radical (unpaired) electrons. The summed E-state index contributed by atoms with van der Waals surface area (Å²) in [5.41, 5.74) is 1.49. The normalized spacial score (nSPS) is 16.5. The van der Waals surface area contributed by atoms with Crippen molar-refractivity contribution in [3.05, 3.63) is 59.9 Å². The van der Waals surface area contributed by atoms with Crippen LogP contribution in [0.1, 0.15) is 24.4 Å². The van der Waals surface area contributed by atoms with Crippen LogP contribution in [0.2, 0.25) is 0 Å². The third-order valence-electron chi connectivity index (χ3n) is 4.39. The summed E-state index contributed by atoms with van der Waals surface area (Å²) in [7, 11) is 1.62. The molecule has 6 heteroatoms. The van der Waals surface area contributed by atoms with E-state index in [2.05, 4.69) is 5.32 Å². The molecule has 1 aliphatic heterocycles. The van der Waals surface area contributed by atoms with Crippen molar-refractivity contribution in [3.63, 3.8) is 0 Å². The molecule has 5 nitrogen and oxygen atoms in total. The highest BCUT2D eigenvalue weighted by atomic mass is 19.1.